The number of ether oxygens (including phenoxy) is 2. The van der Waals surface area contributed by atoms with Crippen molar-refractivity contribution in [3.63, 3.8) is 0 Å². The summed E-state index contributed by atoms with van der Waals surface area (Å²) in [4.78, 5) is 12.5. The van der Waals surface area contributed by atoms with Crippen molar-refractivity contribution >= 4 is 94.1 Å². The summed E-state index contributed by atoms with van der Waals surface area (Å²) in [5.41, 5.74) is 4.49. The van der Waals surface area contributed by atoms with Crippen molar-refractivity contribution < 1.29 is 18.7 Å². The second-order valence-corrected chi connectivity index (χ2v) is 10.6. The highest BCUT2D eigenvalue weighted by molar-refractivity contribution is 9.11. The summed E-state index contributed by atoms with van der Waals surface area (Å²) in [5.74, 6) is 0.634. The van der Waals surface area contributed by atoms with Crippen LogP contribution >= 0.6 is 71.0 Å². The number of carbonyl (C=O) groups is 1. The average Bonchev–Trinajstić information content (AvgIpc) is 3.23. The molecule has 0 aliphatic heterocycles. The number of fused-ring (bicyclic) bond motifs is 1. The van der Waals surface area contributed by atoms with Crippen molar-refractivity contribution in [3.05, 3.63) is 88.9 Å². The molecule has 0 radical (unpaired) electrons. The summed E-state index contributed by atoms with van der Waals surface area (Å²) in [6.45, 7) is 0.221. The first kappa shape index (κ1) is 26.0. The molecule has 6 nitrogen and oxygen atoms in total. The summed E-state index contributed by atoms with van der Waals surface area (Å²) >= 11 is 22.5. The van der Waals surface area contributed by atoms with Crippen LogP contribution in [-0.2, 0) is 6.61 Å². The van der Waals surface area contributed by atoms with Gasteiger partial charge in [0.2, 0.25) is 0 Å². The van der Waals surface area contributed by atoms with E-state index >= 15 is 0 Å². The minimum atomic E-state index is -0.480. The number of hydrogen-bond donors (Lipinski definition) is 1. The predicted molar refractivity (Wildman–Crippen MR) is 148 cm³/mol. The molecule has 1 heterocycles. The van der Waals surface area contributed by atoms with Crippen LogP contribution in [0.15, 0.2) is 71.5 Å². The monoisotopic (exact) mass is 702 g/mol. The Morgan fingerprint density at radius 1 is 1.09 bits per heavy atom. The van der Waals surface area contributed by atoms with E-state index in [1.807, 2.05) is 12.1 Å². The maximum atomic E-state index is 12.5. The molecule has 0 unspecified atom stereocenters. The fraction of sp³-hybridized carbons (Fsp3) is 0.0833. The Bertz CT molecular complexity index is 1460. The maximum Gasteiger partial charge on any atom is 0.307 e. The molecule has 180 valence electrons. The van der Waals surface area contributed by atoms with Crippen LogP contribution in [-0.4, -0.2) is 19.2 Å². The van der Waals surface area contributed by atoms with Gasteiger partial charge in [-0.3, -0.25) is 4.79 Å². The number of methoxy groups -OCH3 is 1. The molecule has 0 fully saturated rings. The van der Waals surface area contributed by atoms with E-state index in [4.69, 9.17) is 37.1 Å². The number of nitrogens with zero attached hydrogens (tertiary/aromatic N) is 1. The van der Waals surface area contributed by atoms with Crippen molar-refractivity contribution in [1.82, 2.24) is 5.43 Å². The largest absolute Gasteiger partial charge is 0.493 e. The van der Waals surface area contributed by atoms with Gasteiger partial charge in [-0.15, -0.1) is 0 Å². The van der Waals surface area contributed by atoms with Crippen LogP contribution in [0.5, 0.6) is 11.5 Å². The number of rotatable bonds is 7. The van der Waals surface area contributed by atoms with Crippen molar-refractivity contribution in [2.75, 3.05) is 7.11 Å². The fourth-order valence-electron chi connectivity index (χ4n) is 3.15. The van der Waals surface area contributed by atoms with Crippen LogP contribution in [0.1, 0.15) is 21.7 Å². The van der Waals surface area contributed by atoms with Gasteiger partial charge in [-0.25, -0.2) is 5.43 Å². The quantitative estimate of drug-likeness (QED) is 0.155. The van der Waals surface area contributed by atoms with Crippen LogP contribution in [0, 0.1) is 0 Å². The summed E-state index contributed by atoms with van der Waals surface area (Å²) in [6.07, 6.45) is 1.49. The number of amides is 1. The van der Waals surface area contributed by atoms with Gasteiger partial charge in [-0.2, -0.15) is 5.10 Å². The second-order valence-electron chi connectivity index (χ2n) is 7.17. The molecule has 0 aliphatic rings. The van der Waals surface area contributed by atoms with Crippen LogP contribution < -0.4 is 14.9 Å². The van der Waals surface area contributed by atoms with Gasteiger partial charge in [0.25, 0.3) is 0 Å². The average molecular weight is 706 g/mol. The second kappa shape index (κ2) is 11.3. The number of halogens is 5. The Balaban J connectivity index is 1.46. The molecule has 1 amide bonds. The highest BCUT2D eigenvalue weighted by Gasteiger charge is 2.15. The first-order valence-electron chi connectivity index (χ1n) is 9.91. The molecule has 11 heteroatoms. The highest BCUT2D eigenvalue weighted by atomic mass is 79.9. The number of nitrogens with one attached hydrogen (secondary N) is 1. The minimum Gasteiger partial charge on any atom is -0.493 e. The van der Waals surface area contributed by atoms with Crippen molar-refractivity contribution in [2.45, 2.75) is 6.61 Å². The zero-order valence-corrected chi connectivity index (χ0v) is 24.1. The number of carbonyl (C=O) groups excluding carboxylic acids is 1. The van der Waals surface area contributed by atoms with Gasteiger partial charge in [-0.1, -0.05) is 45.2 Å². The molecular weight excluding hydrogens is 691 g/mol. The van der Waals surface area contributed by atoms with Gasteiger partial charge in [0, 0.05) is 25.5 Å². The molecule has 0 bridgehead atoms. The summed E-state index contributed by atoms with van der Waals surface area (Å²) in [5, 5.41) is 5.88. The Kier molecular flexibility index (Phi) is 8.44. The fourth-order valence-corrected chi connectivity index (χ4v) is 5.53. The summed E-state index contributed by atoms with van der Waals surface area (Å²) in [6, 6.07) is 14.1. The molecule has 1 aromatic heterocycles. The molecule has 3 aromatic carbocycles. The van der Waals surface area contributed by atoms with E-state index in [0.29, 0.717) is 37.2 Å². The summed E-state index contributed by atoms with van der Waals surface area (Å²) in [7, 11) is 1.53. The Hall–Kier alpha value is -2.04. The standard InChI is InChI=1S/C24H15Br3Cl2N2O4/c1-33-20-5-12(4-17(26)23(20)34-11-13-2-3-16(28)9-19(13)29)10-30-31-24(32)21-7-14-6-15(25)8-18(27)22(14)35-21/h2-10H,11H2,1H3,(H,31,32)/b30-10-. The number of furan rings is 1. The van der Waals surface area contributed by atoms with E-state index in [0.717, 1.165) is 19.9 Å². The molecule has 0 atom stereocenters. The third kappa shape index (κ3) is 6.21. The van der Waals surface area contributed by atoms with Gasteiger partial charge in [0.1, 0.15) is 12.2 Å². The van der Waals surface area contributed by atoms with Gasteiger partial charge in [0.15, 0.2) is 17.3 Å². The van der Waals surface area contributed by atoms with Gasteiger partial charge < -0.3 is 13.9 Å². The van der Waals surface area contributed by atoms with Crippen molar-refractivity contribution in [2.24, 2.45) is 5.10 Å². The van der Waals surface area contributed by atoms with E-state index in [1.165, 1.54) is 13.3 Å². The number of benzene rings is 3. The van der Waals surface area contributed by atoms with Gasteiger partial charge >= 0.3 is 5.91 Å². The Morgan fingerprint density at radius 3 is 2.63 bits per heavy atom. The molecule has 4 rings (SSSR count). The van der Waals surface area contributed by atoms with Crippen LogP contribution in [0.25, 0.3) is 11.0 Å². The molecule has 35 heavy (non-hydrogen) atoms. The predicted octanol–water partition coefficient (Wildman–Crippen LogP) is 8.38. The molecule has 0 spiro atoms. The van der Waals surface area contributed by atoms with Crippen LogP contribution in [0.3, 0.4) is 0 Å². The topological polar surface area (TPSA) is 73.1 Å². The van der Waals surface area contributed by atoms with E-state index < -0.39 is 5.91 Å². The SMILES string of the molecule is COc1cc(/C=N\NC(=O)c2cc3cc(Br)cc(Br)c3o2)cc(Br)c1OCc1ccc(Cl)cc1Cl. The van der Waals surface area contributed by atoms with Crippen LogP contribution in [0.2, 0.25) is 10.0 Å². The summed E-state index contributed by atoms with van der Waals surface area (Å²) < 4.78 is 19.3. The van der Waals surface area contributed by atoms with E-state index in [9.17, 15) is 4.79 Å². The molecular formula is C24H15Br3Cl2N2O4. The Morgan fingerprint density at radius 2 is 1.89 bits per heavy atom. The lowest BCUT2D eigenvalue weighted by molar-refractivity contribution is 0.0929. The molecule has 1 N–H and O–H groups in total. The van der Waals surface area contributed by atoms with Gasteiger partial charge in [0.05, 0.1) is 22.3 Å². The highest BCUT2D eigenvalue weighted by Crippen LogP contribution is 2.37. The molecule has 0 saturated carbocycles. The van der Waals surface area contributed by atoms with Crippen molar-refractivity contribution in [3.8, 4) is 11.5 Å². The van der Waals surface area contributed by atoms with E-state index in [-0.39, 0.29) is 12.4 Å². The molecule has 0 aliphatic carbocycles. The smallest absolute Gasteiger partial charge is 0.307 e. The Labute approximate surface area is 235 Å². The number of hydrogen-bond acceptors (Lipinski definition) is 5. The van der Waals surface area contributed by atoms with E-state index in [2.05, 4.69) is 58.3 Å². The number of hydrazone groups is 1. The first-order valence-corrected chi connectivity index (χ1v) is 13.0. The van der Waals surface area contributed by atoms with Crippen LogP contribution in [0.4, 0.5) is 0 Å². The lowest BCUT2D eigenvalue weighted by Gasteiger charge is -2.14. The first-order chi connectivity index (χ1) is 16.7. The lowest BCUT2D eigenvalue weighted by atomic mass is 10.2. The van der Waals surface area contributed by atoms with E-state index in [1.54, 1.807) is 36.4 Å². The van der Waals surface area contributed by atoms with Crippen molar-refractivity contribution in [1.29, 1.82) is 0 Å². The zero-order chi connectivity index (χ0) is 25.1. The maximum absolute atomic E-state index is 12.5. The molecule has 0 saturated heterocycles. The van der Waals surface area contributed by atoms with Gasteiger partial charge in [-0.05, 0) is 79.9 Å². The zero-order valence-electron chi connectivity index (χ0n) is 17.9. The third-order valence-electron chi connectivity index (χ3n) is 4.78. The minimum absolute atomic E-state index is 0.138. The normalized spacial score (nSPS) is 11.3. The third-order valence-corrected chi connectivity index (χ3v) is 7.00. The molecule has 4 aromatic rings. The lowest BCUT2D eigenvalue weighted by Crippen LogP contribution is -2.16.